The molecule has 0 atom stereocenters. The van der Waals surface area contributed by atoms with Gasteiger partial charge in [-0.3, -0.25) is 0 Å². The van der Waals surface area contributed by atoms with E-state index in [4.69, 9.17) is 9.97 Å². The topological polar surface area (TPSA) is 50.7 Å². The van der Waals surface area contributed by atoms with Gasteiger partial charge < -0.3 is 5.32 Å². The summed E-state index contributed by atoms with van der Waals surface area (Å²) in [4.78, 5) is 15.2. The number of hydrogen-bond donors (Lipinski definition) is 1. The van der Waals surface area contributed by atoms with Crippen LogP contribution in [0.3, 0.4) is 0 Å². The first-order valence-electron chi connectivity index (χ1n) is 8.34. The van der Waals surface area contributed by atoms with Gasteiger partial charge in [-0.25, -0.2) is 15.0 Å². The van der Waals surface area contributed by atoms with Crippen molar-refractivity contribution in [1.29, 1.82) is 0 Å². The fourth-order valence-corrected chi connectivity index (χ4v) is 4.45. The minimum atomic E-state index is 0.534. The summed E-state index contributed by atoms with van der Waals surface area (Å²) in [7, 11) is 0. The molecule has 1 aliphatic rings. The number of rotatable bonds is 5. The highest BCUT2D eigenvalue weighted by Crippen LogP contribution is 2.42. The Hall–Kier alpha value is -2.31. The standard InChI is InChI=1S/C19H16N4S2/c1-2-4-12(5-3-1)15-10-25-19-16(15)18(20-8-14-9-24-11-21-14)22-17(23-19)13-6-7-13/h1-5,9-11,13H,6-8H2,(H,20,22,23). The van der Waals surface area contributed by atoms with Crippen LogP contribution in [0.15, 0.2) is 46.6 Å². The van der Waals surface area contributed by atoms with E-state index in [9.17, 15) is 0 Å². The number of thiophene rings is 1. The van der Waals surface area contributed by atoms with E-state index >= 15 is 0 Å². The summed E-state index contributed by atoms with van der Waals surface area (Å²) in [5.74, 6) is 2.45. The lowest BCUT2D eigenvalue weighted by molar-refractivity contribution is 0.941. The Morgan fingerprint density at radius 2 is 1.96 bits per heavy atom. The van der Waals surface area contributed by atoms with Crippen LogP contribution in [0.4, 0.5) is 5.82 Å². The first-order chi connectivity index (χ1) is 12.4. The van der Waals surface area contributed by atoms with E-state index in [2.05, 4.69) is 45.3 Å². The maximum atomic E-state index is 4.88. The van der Waals surface area contributed by atoms with Gasteiger partial charge >= 0.3 is 0 Å². The molecule has 0 aliphatic heterocycles. The number of thiazole rings is 1. The zero-order chi connectivity index (χ0) is 16.6. The highest BCUT2D eigenvalue weighted by molar-refractivity contribution is 7.17. The summed E-state index contributed by atoms with van der Waals surface area (Å²) in [5.41, 5.74) is 5.31. The molecule has 0 spiro atoms. The summed E-state index contributed by atoms with van der Waals surface area (Å²) < 4.78 is 0. The average Bonchev–Trinajstić information content (AvgIpc) is 3.21. The van der Waals surface area contributed by atoms with Crippen LogP contribution in [0.1, 0.15) is 30.3 Å². The molecule has 4 nitrogen and oxygen atoms in total. The molecule has 25 heavy (non-hydrogen) atoms. The van der Waals surface area contributed by atoms with Crippen molar-refractivity contribution in [3.63, 3.8) is 0 Å². The average molecular weight is 364 g/mol. The number of fused-ring (bicyclic) bond motifs is 1. The van der Waals surface area contributed by atoms with E-state index in [-0.39, 0.29) is 0 Å². The fourth-order valence-electron chi connectivity index (χ4n) is 2.94. The summed E-state index contributed by atoms with van der Waals surface area (Å²) in [5, 5.41) is 8.89. The molecule has 1 fully saturated rings. The van der Waals surface area contributed by atoms with E-state index in [1.165, 1.54) is 24.0 Å². The highest BCUT2D eigenvalue weighted by atomic mass is 32.1. The molecule has 1 saturated carbocycles. The van der Waals surface area contributed by atoms with Crippen LogP contribution in [-0.2, 0) is 6.54 Å². The van der Waals surface area contributed by atoms with E-state index in [0.29, 0.717) is 12.5 Å². The molecule has 0 bridgehead atoms. The molecule has 0 amide bonds. The molecule has 5 rings (SSSR count). The smallest absolute Gasteiger partial charge is 0.139 e. The predicted octanol–water partition coefficient (Wildman–Crippen LogP) is 5.30. The second-order valence-corrected chi connectivity index (χ2v) is 7.81. The van der Waals surface area contributed by atoms with Gasteiger partial charge in [-0.2, -0.15) is 0 Å². The predicted molar refractivity (Wildman–Crippen MR) is 104 cm³/mol. The maximum absolute atomic E-state index is 4.88. The van der Waals surface area contributed by atoms with Gasteiger partial charge in [0, 0.05) is 22.2 Å². The number of anilines is 1. The monoisotopic (exact) mass is 364 g/mol. The van der Waals surface area contributed by atoms with Crippen LogP contribution >= 0.6 is 22.7 Å². The quantitative estimate of drug-likeness (QED) is 0.522. The Kier molecular flexibility index (Phi) is 3.72. The number of benzene rings is 1. The van der Waals surface area contributed by atoms with Crippen molar-refractivity contribution in [2.24, 2.45) is 0 Å². The number of aromatic nitrogens is 3. The third kappa shape index (κ3) is 2.92. The molecule has 3 aromatic heterocycles. The molecule has 1 aliphatic carbocycles. The van der Waals surface area contributed by atoms with Crippen LogP contribution in [-0.4, -0.2) is 15.0 Å². The number of nitrogens with one attached hydrogen (secondary N) is 1. The highest BCUT2D eigenvalue weighted by Gasteiger charge is 2.28. The lowest BCUT2D eigenvalue weighted by atomic mass is 10.1. The van der Waals surface area contributed by atoms with Crippen molar-refractivity contribution in [2.75, 3.05) is 5.32 Å². The van der Waals surface area contributed by atoms with Crippen molar-refractivity contribution >= 4 is 38.7 Å². The molecule has 0 saturated heterocycles. The van der Waals surface area contributed by atoms with Gasteiger partial charge in [-0.1, -0.05) is 30.3 Å². The third-order valence-corrected chi connectivity index (χ3v) is 5.91. The van der Waals surface area contributed by atoms with E-state index in [0.717, 1.165) is 27.6 Å². The van der Waals surface area contributed by atoms with Crippen molar-refractivity contribution in [1.82, 2.24) is 15.0 Å². The third-order valence-electron chi connectivity index (χ3n) is 4.40. The van der Waals surface area contributed by atoms with Crippen LogP contribution in [0.25, 0.3) is 21.3 Å². The lowest BCUT2D eigenvalue weighted by Crippen LogP contribution is -2.05. The molecule has 1 N–H and O–H groups in total. The summed E-state index contributed by atoms with van der Waals surface area (Å²) in [6.45, 7) is 0.684. The van der Waals surface area contributed by atoms with Gasteiger partial charge in [0.25, 0.3) is 0 Å². The number of hydrogen-bond acceptors (Lipinski definition) is 6. The number of nitrogens with zero attached hydrogens (tertiary/aromatic N) is 3. The summed E-state index contributed by atoms with van der Waals surface area (Å²) in [6.07, 6.45) is 2.40. The van der Waals surface area contributed by atoms with Gasteiger partial charge in [-0.15, -0.1) is 22.7 Å². The Morgan fingerprint density at radius 3 is 2.72 bits per heavy atom. The largest absolute Gasteiger partial charge is 0.364 e. The molecule has 1 aromatic carbocycles. The Labute approximate surface area is 153 Å². The van der Waals surface area contributed by atoms with Crippen molar-refractivity contribution in [2.45, 2.75) is 25.3 Å². The Balaban J connectivity index is 1.62. The Bertz CT molecular complexity index is 1000. The molecular formula is C19H16N4S2. The maximum Gasteiger partial charge on any atom is 0.139 e. The molecule has 0 unspecified atom stereocenters. The first-order valence-corrected chi connectivity index (χ1v) is 10.2. The van der Waals surface area contributed by atoms with Gasteiger partial charge in [-0.05, 0) is 18.4 Å². The molecule has 0 radical (unpaired) electrons. The van der Waals surface area contributed by atoms with Crippen LogP contribution in [0.5, 0.6) is 0 Å². The van der Waals surface area contributed by atoms with Crippen LogP contribution in [0.2, 0.25) is 0 Å². The molecular weight excluding hydrogens is 348 g/mol. The Morgan fingerprint density at radius 1 is 1.08 bits per heavy atom. The van der Waals surface area contributed by atoms with Crippen LogP contribution in [0, 0.1) is 0 Å². The normalized spacial score (nSPS) is 14.1. The lowest BCUT2D eigenvalue weighted by Gasteiger charge is -2.09. The minimum Gasteiger partial charge on any atom is -0.364 e. The van der Waals surface area contributed by atoms with Gasteiger partial charge in [0.1, 0.15) is 16.5 Å². The zero-order valence-electron chi connectivity index (χ0n) is 13.5. The molecule has 124 valence electrons. The van der Waals surface area contributed by atoms with Crippen molar-refractivity contribution < 1.29 is 0 Å². The molecule has 6 heteroatoms. The molecule has 3 heterocycles. The van der Waals surface area contributed by atoms with Gasteiger partial charge in [0.15, 0.2) is 0 Å². The van der Waals surface area contributed by atoms with Crippen molar-refractivity contribution in [3.05, 3.63) is 58.1 Å². The van der Waals surface area contributed by atoms with Crippen molar-refractivity contribution in [3.8, 4) is 11.1 Å². The summed E-state index contributed by atoms with van der Waals surface area (Å²) in [6, 6.07) is 10.5. The zero-order valence-corrected chi connectivity index (χ0v) is 15.1. The van der Waals surface area contributed by atoms with E-state index in [1.807, 2.05) is 11.6 Å². The minimum absolute atomic E-state index is 0.534. The second kappa shape index (κ2) is 6.20. The van der Waals surface area contributed by atoms with E-state index in [1.54, 1.807) is 22.7 Å². The first kappa shape index (κ1) is 15.0. The van der Waals surface area contributed by atoms with Crippen LogP contribution < -0.4 is 5.32 Å². The summed E-state index contributed by atoms with van der Waals surface area (Å²) >= 11 is 3.32. The van der Waals surface area contributed by atoms with Gasteiger partial charge in [0.05, 0.1) is 23.1 Å². The van der Waals surface area contributed by atoms with E-state index < -0.39 is 0 Å². The SMILES string of the molecule is c1ccc(-c2csc3nc(C4CC4)nc(NCc4cscn4)c23)cc1. The molecule has 4 aromatic rings. The fraction of sp³-hybridized carbons (Fsp3) is 0.211. The van der Waals surface area contributed by atoms with Gasteiger partial charge in [0.2, 0.25) is 0 Å². The second-order valence-electron chi connectivity index (χ2n) is 6.23.